The third-order valence-corrected chi connectivity index (χ3v) is 7.50. The number of hydrogen-bond donors (Lipinski definition) is 2. The lowest BCUT2D eigenvalue weighted by atomic mass is 9.86. The number of aromatic amines is 1. The summed E-state index contributed by atoms with van der Waals surface area (Å²) in [5, 5.41) is 6.66. The summed E-state index contributed by atoms with van der Waals surface area (Å²) >= 11 is 0. The Labute approximate surface area is 236 Å². The number of rotatable bonds is 6. The first-order valence-electron chi connectivity index (χ1n) is 13.4. The number of Topliss-reactive ketones (excluding diaryl/α,β-unsaturated/α-hetero) is 1. The van der Waals surface area contributed by atoms with E-state index in [2.05, 4.69) is 21.5 Å². The molecule has 0 amide bonds. The van der Waals surface area contributed by atoms with E-state index in [4.69, 9.17) is 15.6 Å². The zero-order chi connectivity index (χ0) is 28.8. The average molecular weight is 549 g/mol. The number of nitrogen functional groups attached to an aromatic ring is 1. The number of fused-ring (bicyclic) bond motifs is 3. The first-order chi connectivity index (χ1) is 19.8. The monoisotopic (exact) mass is 548 g/mol. The number of H-pyrrole nitrogens is 1. The number of ketones is 1. The van der Waals surface area contributed by atoms with Crippen LogP contribution in [0.3, 0.4) is 0 Å². The van der Waals surface area contributed by atoms with Crippen LogP contribution in [-0.2, 0) is 9.53 Å². The molecule has 0 radical (unpaired) electrons. The Hall–Kier alpha value is -5.05. The van der Waals surface area contributed by atoms with Gasteiger partial charge in [0.15, 0.2) is 11.4 Å². The molecule has 206 valence electrons. The smallest absolute Gasteiger partial charge is 0.196 e. The molecule has 0 fully saturated rings. The number of aryl methyl sites for hydroxylation is 1. The van der Waals surface area contributed by atoms with Gasteiger partial charge in [0, 0.05) is 34.7 Å². The number of aromatic nitrogens is 5. The predicted molar refractivity (Wildman–Crippen MR) is 158 cm³/mol. The molecule has 0 saturated heterocycles. The minimum absolute atomic E-state index is 0.200. The Morgan fingerprint density at radius 2 is 2.17 bits per heavy atom. The number of carbonyl (C=O) groups is 1. The molecule has 9 heteroatoms. The maximum atomic E-state index is 14.5. The van der Waals surface area contributed by atoms with Gasteiger partial charge in [-0.3, -0.25) is 4.79 Å². The van der Waals surface area contributed by atoms with Gasteiger partial charge in [-0.15, -0.1) is 0 Å². The fraction of sp³-hybridized carbons (Fsp3) is 0.188. The summed E-state index contributed by atoms with van der Waals surface area (Å²) in [7, 11) is 0. The molecule has 0 spiro atoms. The van der Waals surface area contributed by atoms with E-state index < -0.39 is 18.0 Å². The predicted octanol–water partition coefficient (Wildman–Crippen LogP) is 6.52. The summed E-state index contributed by atoms with van der Waals surface area (Å²) in [6.07, 6.45) is 13.0. The highest BCUT2D eigenvalue weighted by Gasteiger charge is 2.38. The third-order valence-electron chi connectivity index (χ3n) is 7.50. The number of carbonyl (C=O) groups excluding carboxylic acids is 1. The van der Waals surface area contributed by atoms with Crippen LogP contribution in [0.15, 0.2) is 102 Å². The molecule has 41 heavy (non-hydrogen) atoms. The van der Waals surface area contributed by atoms with Crippen LogP contribution in [0.2, 0.25) is 0 Å². The molecule has 1 aliphatic heterocycles. The van der Waals surface area contributed by atoms with Crippen LogP contribution < -0.4 is 5.73 Å². The summed E-state index contributed by atoms with van der Waals surface area (Å²) < 4.78 is 22.7. The van der Waals surface area contributed by atoms with Crippen LogP contribution in [0.1, 0.15) is 31.9 Å². The molecule has 2 atom stereocenters. The Bertz CT molecular complexity index is 1900. The highest BCUT2D eigenvalue weighted by atomic mass is 19.1. The van der Waals surface area contributed by atoms with Crippen LogP contribution in [0.5, 0.6) is 0 Å². The van der Waals surface area contributed by atoms with Gasteiger partial charge in [-0.1, -0.05) is 43.0 Å². The van der Waals surface area contributed by atoms with E-state index in [1.54, 1.807) is 23.8 Å². The maximum Gasteiger partial charge on any atom is 0.196 e. The van der Waals surface area contributed by atoms with E-state index in [-0.39, 0.29) is 22.7 Å². The van der Waals surface area contributed by atoms with Crippen molar-refractivity contribution in [1.82, 2.24) is 24.7 Å². The molecule has 1 aromatic carbocycles. The van der Waals surface area contributed by atoms with Crippen LogP contribution in [-0.4, -0.2) is 36.6 Å². The topological polar surface area (TPSA) is 112 Å². The molecule has 1 unspecified atom stereocenters. The Balaban J connectivity index is 1.54. The normalized spacial score (nSPS) is 18.2. The molecular formula is C32H29FN6O2. The number of anilines is 1. The lowest BCUT2D eigenvalue weighted by Crippen LogP contribution is -2.33. The minimum atomic E-state index is -0.613. The number of nitrogens with zero attached hydrogens (tertiary/aromatic N) is 4. The maximum absolute atomic E-state index is 14.5. The zero-order valence-electron chi connectivity index (χ0n) is 23.0. The van der Waals surface area contributed by atoms with Crippen molar-refractivity contribution in [3.63, 3.8) is 0 Å². The zero-order valence-corrected chi connectivity index (χ0v) is 23.0. The van der Waals surface area contributed by atoms with Gasteiger partial charge in [-0.25, -0.2) is 19.0 Å². The number of allylic oxidation sites excluding steroid dienone is 9. The number of nitrogens with one attached hydrogen (secondary N) is 1. The van der Waals surface area contributed by atoms with Crippen LogP contribution in [0.4, 0.5) is 10.2 Å². The van der Waals surface area contributed by atoms with Crippen molar-refractivity contribution in [3.8, 4) is 11.3 Å². The molecule has 4 heterocycles. The summed E-state index contributed by atoms with van der Waals surface area (Å²) in [6.45, 7) is 9.66. The van der Waals surface area contributed by atoms with Gasteiger partial charge in [0.25, 0.3) is 0 Å². The van der Waals surface area contributed by atoms with E-state index in [1.807, 2.05) is 50.4 Å². The summed E-state index contributed by atoms with van der Waals surface area (Å²) in [6, 6.07) is 5.42. The van der Waals surface area contributed by atoms with E-state index in [1.165, 1.54) is 18.5 Å². The minimum Gasteiger partial charge on any atom is -0.487 e. The van der Waals surface area contributed by atoms with Crippen LogP contribution in [0.25, 0.3) is 33.2 Å². The van der Waals surface area contributed by atoms with Gasteiger partial charge in [0.05, 0.1) is 11.0 Å². The molecular weight excluding hydrogens is 519 g/mol. The second kappa shape index (κ2) is 10.2. The SMILES string of the molecule is C=C(/C=C(F)\C=C/C)C1=C(C(C)n2nc(-c3ccc4c(C)c[nH]c4c3)c3c(N)ncnc32)O[C@H]2CC=CC=C2C1=O. The van der Waals surface area contributed by atoms with Gasteiger partial charge in [0.2, 0.25) is 0 Å². The Morgan fingerprint density at radius 1 is 1.34 bits per heavy atom. The Kier molecular flexibility index (Phi) is 6.49. The average Bonchev–Trinajstić information content (AvgIpc) is 3.54. The van der Waals surface area contributed by atoms with Crippen molar-refractivity contribution in [2.75, 3.05) is 5.73 Å². The number of hydrogen-bond acceptors (Lipinski definition) is 6. The van der Waals surface area contributed by atoms with E-state index in [0.717, 1.165) is 22.0 Å². The van der Waals surface area contributed by atoms with Crippen molar-refractivity contribution in [2.45, 2.75) is 39.3 Å². The van der Waals surface area contributed by atoms with Gasteiger partial charge in [-0.05, 0) is 50.1 Å². The van der Waals surface area contributed by atoms with Crippen molar-refractivity contribution in [3.05, 3.63) is 108 Å². The molecule has 6 rings (SSSR count). The fourth-order valence-electron chi connectivity index (χ4n) is 5.46. The van der Waals surface area contributed by atoms with Gasteiger partial charge in [0.1, 0.15) is 41.6 Å². The summed E-state index contributed by atoms with van der Waals surface area (Å²) in [4.78, 5) is 25.9. The number of halogens is 1. The first-order valence-corrected chi connectivity index (χ1v) is 13.4. The van der Waals surface area contributed by atoms with Crippen molar-refractivity contribution in [1.29, 1.82) is 0 Å². The number of ether oxygens (including phenoxy) is 1. The third kappa shape index (κ3) is 4.39. The standard InChI is InChI=1S/C32H29FN6O2/c1-5-8-21(33)13-17(2)26-29(40)23-9-6-7-10-25(23)41-30(26)19(4)39-32-27(31(34)36-16-37-32)28(38-39)20-11-12-22-18(3)15-35-24(22)14-20/h5-9,11-16,19,25,35H,2,10H2,1,3-4H3,(H2,34,36,37)/b8-5-,21-13+/t19?,25-/m0/s1. The van der Waals surface area contributed by atoms with Gasteiger partial charge >= 0.3 is 0 Å². The quantitative estimate of drug-likeness (QED) is 0.265. The van der Waals surface area contributed by atoms with E-state index in [9.17, 15) is 9.18 Å². The highest BCUT2D eigenvalue weighted by Crippen LogP contribution is 2.40. The number of benzene rings is 1. The summed E-state index contributed by atoms with van der Waals surface area (Å²) in [5.41, 5.74) is 11.3. The fourth-order valence-corrected chi connectivity index (χ4v) is 5.46. The molecule has 2 aliphatic rings. The van der Waals surface area contributed by atoms with Crippen molar-refractivity contribution in [2.24, 2.45) is 0 Å². The molecule has 3 aromatic heterocycles. The molecule has 0 saturated carbocycles. The Morgan fingerprint density at radius 3 is 2.98 bits per heavy atom. The molecule has 4 aromatic rings. The second-order valence-electron chi connectivity index (χ2n) is 10.2. The highest BCUT2D eigenvalue weighted by molar-refractivity contribution is 6.13. The van der Waals surface area contributed by atoms with Crippen molar-refractivity contribution < 1.29 is 13.9 Å². The molecule has 0 bridgehead atoms. The van der Waals surface area contributed by atoms with E-state index >= 15 is 0 Å². The lowest BCUT2D eigenvalue weighted by molar-refractivity contribution is -0.114. The van der Waals surface area contributed by atoms with Crippen LogP contribution >= 0.6 is 0 Å². The first kappa shape index (κ1) is 26.2. The van der Waals surface area contributed by atoms with E-state index in [0.29, 0.717) is 34.5 Å². The van der Waals surface area contributed by atoms with Crippen LogP contribution in [0, 0.1) is 6.92 Å². The molecule has 8 nitrogen and oxygen atoms in total. The molecule has 3 N–H and O–H groups in total. The van der Waals surface area contributed by atoms with Gasteiger partial charge < -0.3 is 15.5 Å². The second-order valence-corrected chi connectivity index (χ2v) is 10.2. The van der Waals surface area contributed by atoms with Crippen molar-refractivity contribution >= 4 is 33.5 Å². The molecule has 1 aliphatic carbocycles. The lowest BCUT2D eigenvalue weighted by Gasteiger charge is -2.33. The largest absolute Gasteiger partial charge is 0.487 e. The summed E-state index contributed by atoms with van der Waals surface area (Å²) in [5.74, 6) is -0.151. The number of nitrogens with two attached hydrogens (primary N) is 1. The van der Waals surface area contributed by atoms with Gasteiger partial charge in [-0.2, -0.15) is 5.10 Å².